The van der Waals surface area contributed by atoms with Crippen LogP contribution in [0.25, 0.3) is 0 Å². The van der Waals surface area contributed by atoms with Crippen LogP contribution in [0.15, 0.2) is 30.5 Å². The minimum Gasteiger partial charge on any atom is -0.353 e. The average Bonchev–Trinajstić information content (AvgIpc) is 2.69. The third kappa shape index (κ3) is 4.50. The predicted molar refractivity (Wildman–Crippen MR) is 98.4 cm³/mol. The summed E-state index contributed by atoms with van der Waals surface area (Å²) in [4.78, 5) is 16.2. The molecule has 1 saturated heterocycles. The van der Waals surface area contributed by atoms with E-state index in [4.69, 9.17) is 0 Å². The Morgan fingerprint density at radius 3 is 2.93 bits per heavy atom. The molecule has 1 aromatic carbocycles. The summed E-state index contributed by atoms with van der Waals surface area (Å²) in [6.07, 6.45) is 3.44. The van der Waals surface area contributed by atoms with Crippen molar-refractivity contribution in [2.24, 2.45) is 0 Å². The summed E-state index contributed by atoms with van der Waals surface area (Å²) in [5, 5.41) is 10.7. The van der Waals surface area contributed by atoms with Crippen LogP contribution in [-0.2, 0) is 6.54 Å². The van der Waals surface area contributed by atoms with E-state index in [0.29, 0.717) is 12.1 Å². The fourth-order valence-corrected chi connectivity index (χ4v) is 3.25. The van der Waals surface area contributed by atoms with Crippen molar-refractivity contribution in [2.45, 2.75) is 32.4 Å². The molecule has 0 unspecified atom stereocenters. The highest BCUT2D eigenvalue weighted by molar-refractivity contribution is 5.74. The zero-order valence-corrected chi connectivity index (χ0v) is 15.5. The lowest BCUT2D eigenvalue weighted by atomic mass is 10.0. The van der Waals surface area contributed by atoms with Gasteiger partial charge in [0.1, 0.15) is 11.6 Å². The Morgan fingerprint density at radius 2 is 2.19 bits per heavy atom. The van der Waals surface area contributed by atoms with Crippen LogP contribution in [0, 0.1) is 18.6 Å². The fourth-order valence-electron chi connectivity index (χ4n) is 3.25. The fraction of sp³-hybridized carbons (Fsp3) is 0.421. The number of rotatable bonds is 4. The van der Waals surface area contributed by atoms with Crippen LogP contribution < -0.4 is 10.2 Å². The number of aromatic nitrogens is 2. The number of anilines is 1. The Hall–Kier alpha value is -2.77. The van der Waals surface area contributed by atoms with E-state index in [-0.39, 0.29) is 24.2 Å². The zero-order chi connectivity index (χ0) is 19.4. The van der Waals surface area contributed by atoms with Gasteiger partial charge in [0.2, 0.25) is 0 Å². The number of hydrogen-bond donors (Lipinski definition) is 1. The Balaban J connectivity index is 1.59. The number of urea groups is 1. The molecule has 1 aliphatic rings. The third-order valence-electron chi connectivity index (χ3n) is 4.90. The molecule has 6 nitrogen and oxygen atoms in total. The molecule has 2 amide bonds. The first-order valence-electron chi connectivity index (χ1n) is 8.93. The number of carbonyl (C=O) groups excluding carboxylic acids is 1. The molecule has 1 aliphatic heterocycles. The number of hydrogen-bond acceptors (Lipinski definition) is 4. The van der Waals surface area contributed by atoms with Crippen molar-refractivity contribution in [2.75, 3.05) is 25.0 Å². The SMILES string of the molecule is Cc1cc(CNC(=O)N(C)[C@@H]2CCCN(c3cccnn3)C2)c(F)cc1F. The summed E-state index contributed by atoms with van der Waals surface area (Å²) in [6, 6.07) is 5.72. The second-order valence-corrected chi connectivity index (χ2v) is 6.79. The second kappa shape index (κ2) is 8.28. The zero-order valence-electron chi connectivity index (χ0n) is 15.5. The largest absolute Gasteiger partial charge is 0.353 e. The van der Waals surface area contributed by atoms with Gasteiger partial charge in [-0.1, -0.05) is 0 Å². The van der Waals surface area contributed by atoms with Gasteiger partial charge < -0.3 is 15.1 Å². The van der Waals surface area contributed by atoms with Gasteiger partial charge in [-0.3, -0.25) is 0 Å². The van der Waals surface area contributed by atoms with Gasteiger partial charge in [0.05, 0.1) is 6.04 Å². The Labute approximate surface area is 157 Å². The van der Waals surface area contributed by atoms with Crippen LogP contribution in [0.3, 0.4) is 0 Å². The summed E-state index contributed by atoms with van der Waals surface area (Å²) in [6.45, 7) is 3.10. The molecule has 1 fully saturated rings. The lowest BCUT2D eigenvalue weighted by Gasteiger charge is -2.37. The van der Waals surface area contributed by atoms with Crippen molar-refractivity contribution in [3.8, 4) is 0 Å². The van der Waals surface area contributed by atoms with Crippen molar-refractivity contribution in [1.82, 2.24) is 20.4 Å². The summed E-state index contributed by atoms with van der Waals surface area (Å²) < 4.78 is 27.2. The second-order valence-electron chi connectivity index (χ2n) is 6.79. The smallest absolute Gasteiger partial charge is 0.317 e. The minimum absolute atomic E-state index is 0.0106. The van der Waals surface area contributed by atoms with Gasteiger partial charge in [-0.15, -0.1) is 5.10 Å². The number of aryl methyl sites for hydroxylation is 1. The number of amides is 2. The molecular weight excluding hydrogens is 352 g/mol. The minimum atomic E-state index is -0.660. The van der Waals surface area contributed by atoms with Crippen molar-refractivity contribution in [1.29, 1.82) is 0 Å². The third-order valence-corrected chi connectivity index (χ3v) is 4.90. The van der Waals surface area contributed by atoms with Gasteiger partial charge in [-0.05, 0) is 43.5 Å². The van der Waals surface area contributed by atoms with Crippen molar-refractivity contribution in [3.63, 3.8) is 0 Å². The van der Waals surface area contributed by atoms with Crippen molar-refractivity contribution < 1.29 is 13.6 Å². The van der Waals surface area contributed by atoms with Gasteiger partial charge in [-0.2, -0.15) is 5.10 Å². The monoisotopic (exact) mass is 375 g/mol. The molecule has 0 aliphatic carbocycles. The highest BCUT2D eigenvalue weighted by atomic mass is 19.1. The molecule has 27 heavy (non-hydrogen) atoms. The van der Waals surface area contributed by atoms with Crippen LogP contribution >= 0.6 is 0 Å². The summed E-state index contributed by atoms with van der Waals surface area (Å²) in [7, 11) is 1.73. The van der Waals surface area contributed by atoms with E-state index >= 15 is 0 Å². The Bertz CT molecular complexity index is 802. The van der Waals surface area contributed by atoms with E-state index in [0.717, 1.165) is 31.3 Å². The number of carbonyl (C=O) groups is 1. The number of nitrogens with one attached hydrogen (secondary N) is 1. The molecule has 0 spiro atoms. The van der Waals surface area contributed by atoms with Gasteiger partial charge in [-0.25, -0.2) is 13.6 Å². The molecule has 1 N–H and O–H groups in total. The molecule has 0 saturated carbocycles. The highest BCUT2D eigenvalue weighted by Crippen LogP contribution is 2.20. The number of benzene rings is 1. The van der Waals surface area contributed by atoms with Gasteiger partial charge in [0.15, 0.2) is 5.82 Å². The number of halogens is 2. The lowest BCUT2D eigenvalue weighted by molar-refractivity contribution is 0.182. The van der Waals surface area contributed by atoms with Crippen molar-refractivity contribution in [3.05, 3.63) is 53.2 Å². The van der Waals surface area contributed by atoms with E-state index in [1.54, 1.807) is 25.1 Å². The molecule has 3 rings (SSSR count). The molecule has 144 valence electrons. The van der Waals surface area contributed by atoms with Crippen LogP contribution in [0.1, 0.15) is 24.0 Å². The maximum atomic E-state index is 13.9. The van der Waals surface area contributed by atoms with Crippen LogP contribution in [-0.4, -0.2) is 47.3 Å². The standard InChI is InChI=1S/C19H23F2N5O/c1-13-9-14(17(21)10-16(13)20)11-22-19(27)25(2)15-5-4-8-26(12-15)18-6-3-7-23-24-18/h3,6-7,9-10,15H,4-5,8,11-12H2,1-2H3,(H,22,27)/t15-/m1/s1. The quantitative estimate of drug-likeness (QED) is 0.893. The number of nitrogens with zero attached hydrogens (tertiary/aromatic N) is 4. The Morgan fingerprint density at radius 1 is 1.37 bits per heavy atom. The van der Waals surface area contributed by atoms with Crippen LogP contribution in [0.5, 0.6) is 0 Å². The molecule has 2 aromatic rings. The number of likely N-dealkylation sites (N-methyl/N-ethyl adjacent to an activating group) is 1. The summed E-state index contributed by atoms with van der Waals surface area (Å²) >= 11 is 0. The molecule has 2 heterocycles. The van der Waals surface area contributed by atoms with Crippen LogP contribution in [0.2, 0.25) is 0 Å². The molecule has 0 radical (unpaired) electrons. The molecule has 1 aromatic heterocycles. The van der Waals surface area contributed by atoms with E-state index in [1.807, 2.05) is 12.1 Å². The molecular formula is C19H23F2N5O. The first kappa shape index (κ1) is 19.0. The maximum absolute atomic E-state index is 13.9. The lowest BCUT2D eigenvalue weighted by Crippen LogP contribution is -2.51. The van der Waals surface area contributed by atoms with E-state index in [2.05, 4.69) is 20.4 Å². The molecule has 8 heteroatoms. The molecule has 0 bridgehead atoms. The Kier molecular flexibility index (Phi) is 5.83. The van der Waals surface area contributed by atoms with Gasteiger partial charge >= 0.3 is 6.03 Å². The number of piperidine rings is 1. The normalized spacial score (nSPS) is 16.9. The highest BCUT2D eigenvalue weighted by Gasteiger charge is 2.27. The molecule has 1 atom stereocenters. The first-order valence-corrected chi connectivity index (χ1v) is 8.93. The van der Waals surface area contributed by atoms with E-state index in [1.165, 1.54) is 6.07 Å². The topological polar surface area (TPSA) is 61.4 Å². The van der Waals surface area contributed by atoms with E-state index < -0.39 is 11.6 Å². The van der Waals surface area contributed by atoms with Gasteiger partial charge in [0, 0.05) is 44.5 Å². The average molecular weight is 375 g/mol. The maximum Gasteiger partial charge on any atom is 0.317 e. The summed E-state index contributed by atoms with van der Waals surface area (Å²) in [5.74, 6) is -0.460. The predicted octanol–water partition coefficient (Wildman–Crippen LogP) is 2.87. The first-order chi connectivity index (χ1) is 13.0. The van der Waals surface area contributed by atoms with Crippen LogP contribution in [0.4, 0.5) is 19.4 Å². The van der Waals surface area contributed by atoms with Gasteiger partial charge in [0.25, 0.3) is 0 Å². The van der Waals surface area contributed by atoms with Crippen molar-refractivity contribution >= 4 is 11.8 Å². The summed E-state index contributed by atoms with van der Waals surface area (Å²) in [5.41, 5.74) is 0.612. The van der Waals surface area contributed by atoms with E-state index in [9.17, 15) is 13.6 Å².